The van der Waals surface area contributed by atoms with Crippen molar-refractivity contribution in [2.45, 2.75) is 50.4 Å². The average molecular weight is 453 g/mol. The molecule has 1 unspecified atom stereocenters. The molecule has 0 radical (unpaired) electrons. The average Bonchev–Trinajstić information content (AvgIpc) is 2.78. The van der Waals surface area contributed by atoms with Crippen molar-refractivity contribution in [3.8, 4) is 5.69 Å². The van der Waals surface area contributed by atoms with E-state index in [1.165, 1.54) is 10.1 Å². The van der Waals surface area contributed by atoms with Gasteiger partial charge in [-0.1, -0.05) is 49.4 Å². The lowest BCUT2D eigenvalue weighted by Gasteiger charge is -2.16. The van der Waals surface area contributed by atoms with E-state index in [9.17, 15) is 14.4 Å². The number of thioether (sulfide) groups is 1. The number of urea groups is 1. The Morgan fingerprint density at radius 3 is 2.50 bits per heavy atom. The summed E-state index contributed by atoms with van der Waals surface area (Å²) in [5, 5.41) is 5.11. The van der Waals surface area contributed by atoms with Crippen LogP contribution >= 0.6 is 11.8 Å². The first-order valence-electron chi connectivity index (χ1n) is 10.8. The summed E-state index contributed by atoms with van der Waals surface area (Å²) in [7, 11) is 0. The summed E-state index contributed by atoms with van der Waals surface area (Å²) in [6.07, 6.45) is 3.21. The maximum atomic E-state index is 13.4. The Balaban J connectivity index is 1.98. The standard InChI is InChI=1S/C24H28N4O3S/c1-4-6-9-17-12-14-18(15-13-17)28-22(30)19-10-7-8-11-20(19)26-24(28)32-16(3)21(29)27-23(31)25-5-2/h7-8,10-16H,4-6,9H2,1-3H3,(H2,25,27,29,31). The van der Waals surface area contributed by atoms with Crippen LogP contribution < -0.4 is 16.2 Å². The van der Waals surface area contributed by atoms with E-state index in [4.69, 9.17) is 0 Å². The lowest BCUT2D eigenvalue weighted by atomic mass is 10.1. The predicted molar refractivity (Wildman–Crippen MR) is 128 cm³/mol. The maximum absolute atomic E-state index is 13.4. The van der Waals surface area contributed by atoms with E-state index in [0.29, 0.717) is 28.3 Å². The molecule has 0 spiro atoms. The quantitative estimate of drug-likeness (QED) is 0.397. The van der Waals surface area contributed by atoms with Crippen LogP contribution in [0.4, 0.5) is 4.79 Å². The minimum atomic E-state index is -0.638. The fraction of sp³-hybridized carbons (Fsp3) is 0.333. The number of carbonyl (C=O) groups is 2. The van der Waals surface area contributed by atoms with Crippen LogP contribution in [0.3, 0.4) is 0 Å². The number of imide groups is 1. The van der Waals surface area contributed by atoms with Crippen molar-refractivity contribution < 1.29 is 9.59 Å². The SMILES string of the molecule is CCCCc1ccc(-n2c(SC(C)C(=O)NC(=O)NCC)nc3ccccc3c2=O)cc1. The molecule has 8 heteroatoms. The molecule has 3 aromatic rings. The van der Waals surface area contributed by atoms with Crippen molar-refractivity contribution in [2.75, 3.05) is 6.54 Å². The smallest absolute Gasteiger partial charge is 0.321 e. The third-order valence-corrected chi connectivity index (χ3v) is 6.04. The van der Waals surface area contributed by atoms with Crippen LogP contribution in [0.25, 0.3) is 16.6 Å². The van der Waals surface area contributed by atoms with Crippen molar-refractivity contribution in [1.82, 2.24) is 20.2 Å². The summed E-state index contributed by atoms with van der Waals surface area (Å²) < 4.78 is 1.53. The number of benzene rings is 2. The number of unbranched alkanes of at least 4 members (excludes halogenated alkanes) is 1. The summed E-state index contributed by atoms with van der Waals surface area (Å²) in [4.78, 5) is 42.2. The van der Waals surface area contributed by atoms with Crippen LogP contribution in [-0.2, 0) is 11.2 Å². The molecule has 1 atom stereocenters. The molecule has 0 saturated carbocycles. The molecule has 0 bridgehead atoms. The van der Waals surface area contributed by atoms with Gasteiger partial charge >= 0.3 is 6.03 Å². The van der Waals surface area contributed by atoms with Gasteiger partial charge in [-0.15, -0.1) is 0 Å². The molecule has 3 rings (SSSR count). The van der Waals surface area contributed by atoms with Crippen molar-refractivity contribution >= 4 is 34.6 Å². The third kappa shape index (κ3) is 5.56. The molecular weight excluding hydrogens is 424 g/mol. The number of nitrogens with zero attached hydrogens (tertiary/aromatic N) is 2. The lowest BCUT2D eigenvalue weighted by molar-refractivity contribution is -0.119. The number of aryl methyl sites for hydroxylation is 1. The van der Waals surface area contributed by atoms with Crippen LogP contribution in [0.2, 0.25) is 0 Å². The predicted octanol–water partition coefficient (Wildman–Crippen LogP) is 4.05. The molecule has 0 aliphatic heterocycles. The highest BCUT2D eigenvalue weighted by Crippen LogP contribution is 2.25. The van der Waals surface area contributed by atoms with Crippen molar-refractivity contribution in [3.05, 3.63) is 64.4 Å². The van der Waals surface area contributed by atoms with Crippen LogP contribution in [0.5, 0.6) is 0 Å². The van der Waals surface area contributed by atoms with Crippen LogP contribution in [0, 0.1) is 0 Å². The van der Waals surface area contributed by atoms with Crippen molar-refractivity contribution in [1.29, 1.82) is 0 Å². The Labute approximate surface area is 191 Å². The molecule has 2 N–H and O–H groups in total. The molecule has 0 aliphatic carbocycles. The Bertz CT molecular complexity index is 1160. The van der Waals surface area contributed by atoms with Gasteiger partial charge in [-0.05, 0) is 56.5 Å². The Morgan fingerprint density at radius 1 is 1.09 bits per heavy atom. The van der Waals surface area contributed by atoms with Gasteiger partial charge in [0.1, 0.15) is 0 Å². The van der Waals surface area contributed by atoms with E-state index < -0.39 is 17.2 Å². The molecule has 1 aromatic heterocycles. The summed E-state index contributed by atoms with van der Waals surface area (Å²) in [6.45, 7) is 6.02. The van der Waals surface area contributed by atoms with Gasteiger partial charge in [0.05, 0.1) is 21.8 Å². The summed E-state index contributed by atoms with van der Waals surface area (Å²) in [5.41, 5.74) is 2.26. The second-order valence-electron chi connectivity index (χ2n) is 7.43. The third-order valence-electron chi connectivity index (χ3n) is 4.98. The highest BCUT2D eigenvalue weighted by Gasteiger charge is 2.21. The molecular formula is C24H28N4O3S. The summed E-state index contributed by atoms with van der Waals surface area (Å²) in [6, 6.07) is 14.5. The van der Waals surface area contributed by atoms with Gasteiger partial charge < -0.3 is 5.32 Å². The molecule has 168 valence electrons. The minimum absolute atomic E-state index is 0.198. The Kier molecular flexibility index (Phi) is 8.05. The molecule has 7 nitrogen and oxygen atoms in total. The van der Waals surface area contributed by atoms with E-state index in [-0.39, 0.29) is 5.56 Å². The van der Waals surface area contributed by atoms with Gasteiger partial charge in [0, 0.05) is 6.54 Å². The summed E-state index contributed by atoms with van der Waals surface area (Å²) >= 11 is 1.14. The Morgan fingerprint density at radius 2 is 1.81 bits per heavy atom. The first-order chi connectivity index (χ1) is 15.4. The van der Waals surface area contributed by atoms with Crippen molar-refractivity contribution in [2.24, 2.45) is 0 Å². The van der Waals surface area contributed by atoms with E-state index in [1.54, 1.807) is 32.0 Å². The Hall–Kier alpha value is -3.13. The van der Waals surface area contributed by atoms with Gasteiger partial charge in [0.25, 0.3) is 5.56 Å². The van der Waals surface area contributed by atoms with Gasteiger partial charge in [-0.3, -0.25) is 19.5 Å². The lowest BCUT2D eigenvalue weighted by Crippen LogP contribution is -2.42. The van der Waals surface area contributed by atoms with Crippen LogP contribution in [0.1, 0.15) is 39.2 Å². The van der Waals surface area contributed by atoms with Gasteiger partial charge in [0.15, 0.2) is 5.16 Å². The summed E-state index contributed by atoms with van der Waals surface area (Å²) in [5.74, 6) is -0.454. The first kappa shape index (κ1) is 23.5. The topological polar surface area (TPSA) is 93.1 Å². The van der Waals surface area contributed by atoms with Gasteiger partial charge in [0.2, 0.25) is 5.91 Å². The molecule has 32 heavy (non-hydrogen) atoms. The zero-order valence-corrected chi connectivity index (χ0v) is 19.4. The van der Waals surface area contributed by atoms with Gasteiger partial charge in [-0.25, -0.2) is 9.78 Å². The zero-order valence-electron chi connectivity index (χ0n) is 18.6. The van der Waals surface area contributed by atoms with Crippen LogP contribution in [0.15, 0.2) is 58.5 Å². The maximum Gasteiger partial charge on any atom is 0.321 e. The van der Waals surface area contributed by atoms with Gasteiger partial charge in [-0.2, -0.15) is 0 Å². The first-order valence-corrected chi connectivity index (χ1v) is 11.7. The normalized spacial score (nSPS) is 11.8. The van der Waals surface area contributed by atoms with E-state index in [0.717, 1.165) is 31.0 Å². The fourth-order valence-electron chi connectivity index (χ4n) is 3.24. The molecule has 0 aliphatic rings. The molecule has 3 amide bonds. The number of fused-ring (bicyclic) bond motifs is 1. The zero-order chi connectivity index (χ0) is 23.1. The van der Waals surface area contributed by atoms with E-state index in [2.05, 4.69) is 22.5 Å². The monoisotopic (exact) mass is 452 g/mol. The molecule has 0 saturated heterocycles. The highest BCUT2D eigenvalue weighted by atomic mass is 32.2. The van der Waals surface area contributed by atoms with E-state index in [1.807, 2.05) is 30.3 Å². The largest absolute Gasteiger partial charge is 0.338 e. The van der Waals surface area contributed by atoms with Crippen molar-refractivity contribution in [3.63, 3.8) is 0 Å². The number of aromatic nitrogens is 2. The number of nitrogens with one attached hydrogen (secondary N) is 2. The van der Waals surface area contributed by atoms with E-state index >= 15 is 0 Å². The van der Waals surface area contributed by atoms with Crippen LogP contribution in [-0.4, -0.2) is 33.3 Å². The number of hydrogen-bond donors (Lipinski definition) is 2. The molecule has 2 aromatic carbocycles. The number of para-hydroxylation sites is 1. The molecule has 0 fully saturated rings. The number of amides is 3. The number of carbonyl (C=O) groups excluding carboxylic acids is 2. The molecule has 1 heterocycles. The fourth-order valence-corrected chi connectivity index (χ4v) is 4.17. The highest BCUT2D eigenvalue weighted by molar-refractivity contribution is 8.00. The second kappa shape index (κ2) is 10.9. The second-order valence-corrected chi connectivity index (χ2v) is 8.74. The number of hydrogen-bond acceptors (Lipinski definition) is 5. The number of rotatable bonds is 8. The minimum Gasteiger partial charge on any atom is -0.338 e.